The number of carboxylic acid groups (broad SMARTS) is 1. The molecule has 0 aliphatic heterocycles. The highest BCUT2D eigenvalue weighted by Crippen LogP contribution is 2.25. The summed E-state index contributed by atoms with van der Waals surface area (Å²) in [6.07, 6.45) is 1.70. The van der Waals surface area contributed by atoms with Gasteiger partial charge < -0.3 is 14.4 Å². The molecule has 0 radical (unpaired) electrons. The van der Waals surface area contributed by atoms with Crippen LogP contribution < -0.4 is 4.74 Å². The molecule has 1 aromatic heterocycles. The Kier molecular flexibility index (Phi) is 4.06. The zero-order valence-electron chi connectivity index (χ0n) is 13.2. The number of aromatic nitrogens is 1. The molecule has 0 aliphatic carbocycles. The Morgan fingerprint density at radius 1 is 1.09 bits per heavy atom. The fraction of sp³-hybridized carbons (Fsp3) is 0.211. The molecule has 0 fully saturated rings. The summed E-state index contributed by atoms with van der Waals surface area (Å²) in [7, 11) is 0. The maximum absolute atomic E-state index is 11.4. The fourth-order valence-corrected chi connectivity index (χ4v) is 2.87. The van der Waals surface area contributed by atoms with Gasteiger partial charge in [-0.2, -0.15) is 0 Å². The predicted molar refractivity (Wildman–Crippen MR) is 90.3 cm³/mol. The summed E-state index contributed by atoms with van der Waals surface area (Å²) in [5.41, 5.74) is 3.44. The van der Waals surface area contributed by atoms with Gasteiger partial charge in [-0.3, -0.25) is 0 Å². The number of benzene rings is 2. The molecule has 0 spiro atoms. The second kappa shape index (κ2) is 6.16. The van der Waals surface area contributed by atoms with E-state index in [2.05, 4.69) is 0 Å². The lowest BCUT2D eigenvalue weighted by molar-refractivity contribution is 0.0698. The molecule has 4 nitrogen and oxygen atoms in total. The highest BCUT2D eigenvalue weighted by atomic mass is 16.5. The Bertz CT molecular complexity index is 864. The normalized spacial score (nSPS) is 10.9. The zero-order chi connectivity index (χ0) is 16.4. The summed E-state index contributed by atoms with van der Waals surface area (Å²) in [6, 6.07) is 13.6. The SMILES string of the molecule is Cc1ccccc1OCCn1cc(C(=O)O)c2cccc(C)c21. The van der Waals surface area contributed by atoms with Crippen molar-refractivity contribution in [2.24, 2.45) is 0 Å². The summed E-state index contributed by atoms with van der Waals surface area (Å²) in [5.74, 6) is -0.0432. The minimum Gasteiger partial charge on any atom is -0.491 e. The van der Waals surface area contributed by atoms with E-state index in [4.69, 9.17) is 4.74 Å². The van der Waals surface area contributed by atoms with Gasteiger partial charge in [0.05, 0.1) is 17.6 Å². The van der Waals surface area contributed by atoms with E-state index in [1.165, 1.54) is 0 Å². The molecule has 3 aromatic rings. The molecule has 2 aromatic carbocycles. The average molecular weight is 309 g/mol. The smallest absolute Gasteiger partial charge is 0.337 e. The van der Waals surface area contributed by atoms with Crippen molar-refractivity contribution >= 4 is 16.9 Å². The number of hydrogen-bond donors (Lipinski definition) is 1. The molecule has 0 aliphatic rings. The summed E-state index contributed by atoms with van der Waals surface area (Å²) in [5, 5.41) is 10.2. The van der Waals surface area contributed by atoms with Crippen molar-refractivity contribution in [1.82, 2.24) is 4.57 Å². The van der Waals surface area contributed by atoms with Crippen LogP contribution in [-0.2, 0) is 6.54 Å². The van der Waals surface area contributed by atoms with Crippen molar-refractivity contribution in [1.29, 1.82) is 0 Å². The number of ether oxygens (including phenoxy) is 1. The van der Waals surface area contributed by atoms with Gasteiger partial charge in [-0.25, -0.2) is 4.79 Å². The Morgan fingerprint density at radius 3 is 2.57 bits per heavy atom. The van der Waals surface area contributed by atoms with Crippen LogP contribution in [0.4, 0.5) is 0 Å². The monoisotopic (exact) mass is 309 g/mol. The second-order valence-corrected chi connectivity index (χ2v) is 5.63. The Morgan fingerprint density at radius 2 is 1.83 bits per heavy atom. The third kappa shape index (κ3) is 2.93. The Hall–Kier alpha value is -2.75. The Balaban J connectivity index is 1.86. The third-order valence-corrected chi connectivity index (χ3v) is 4.01. The lowest BCUT2D eigenvalue weighted by Gasteiger charge is -2.11. The first-order chi connectivity index (χ1) is 11.1. The number of para-hydroxylation sites is 2. The van der Waals surface area contributed by atoms with E-state index in [0.717, 1.165) is 27.8 Å². The van der Waals surface area contributed by atoms with Crippen molar-refractivity contribution in [3.63, 3.8) is 0 Å². The standard InChI is InChI=1S/C19H19NO3/c1-13-6-3-4-9-17(13)23-11-10-20-12-16(19(21)22)15-8-5-7-14(2)18(15)20/h3-9,12H,10-11H2,1-2H3,(H,21,22). The van der Waals surface area contributed by atoms with Gasteiger partial charge in [-0.1, -0.05) is 36.4 Å². The quantitative estimate of drug-likeness (QED) is 0.774. The predicted octanol–water partition coefficient (Wildman–Crippen LogP) is 4.04. The topological polar surface area (TPSA) is 51.5 Å². The van der Waals surface area contributed by atoms with E-state index >= 15 is 0 Å². The van der Waals surface area contributed by atoms with Crippen LogP contribution in [0.2, 0.25) is 0 Å². The van der Waals surface area contributed by atoms with Crippen molar-refractivity contribution in [3.8, 4) is 5.75 Å². The molecule has 0 bridgehead atoms. The van der Waals surface area contributed by atoms with Gasteiger partial charge in [0.2, 0.25) is 0 Å². The number of aromatic carboxylic acids is 1. The van der Waals surface area contributed by atoms with Crippen LogP contribution in [0.25, 0.3) is 10.9 Å². The molecule has 0 unspecified atom stereocenters. The first kappa shape index (κ1) is 15.2. The summed E-state index contributed by atoms with van der Waals surface area (Å²) < 4.78 is 7.80. The molecule has 1 heterocycles. The average Bonchev–Trinajstić information content (AvgIpc) is 2.90. The largest absolute Gasteiger partial charge is 0.491 e. The van der Waals surface area contributed by atoms with E-state index in [9.17, 15) is 9.90 Å². The number of fused-ring (bicyclic) bond motifs is 1. The van der Waals surface area contributed by atoms with Crippen LogP contribution in [-0.4, -0.2) is 22.2 Å². The zero-order valence-corrected chi connectivity index (χ0v) is 13.2. The van der Waals surface area contributed by atoms with Crippen molar-refractivity contribution in [2.45, 2.75) is 20.4 Å². The molecular formula is C19H19NO3. The molecule has 118 valence electrons. The molecule has 0 saturated carbocycles. The number of rotatable bonds is 5. The molecule has 23 heavy (non-hydrogen) atoms. The summed E-state index contributed by atoms with van der Waals surface area (Å²) >= 11 is 0. The second-order valence-electron chi connectivity index (χ2n) is 5.63. The highest BCUT2D eigenvalue weighted by molar-refractivity contribution is 6.04. The number of nitrogens with zero attached hydrogens (tertiary/aromatic N) is 1. The lowest BCUT2D eigenvalue weighted by Crippen LogP contribution is -2.08. The lowest BCUT2D eigenvalue weighted by atomic mass is 10.1. The van der Waals surface area contributed by atoms with E-state index in [-0.39, 0.29) is 0 Å². The molecule has 3 rings (SSSR count). The maximum atomic E-state index is 11.4. The van der Waals surface area contributed by atoms with Crippen molar-refractivity contribution in [2.75, 3.05) is 6.61 Å². The van der Waals surface area contributed by atoms with Gasteiger partial charge in [0.25, 0.3) is 0 Å². The highest BCUT2D eigenvalue weighted by Gasteiger charge is 2.15. The van der Waals surface area contributed by atoms with Gasteiger partial charge in [-0.05, 0) is 31.0 Å². The number of aryl methyl sites for hydroxylation is 2. The van der Waals surface area contributed by atoms with Crippen molar-refractivity contribution < 1.29 is 14.6 Å². The fourth-order valence-electron chi connectivity index (χ4n) is 2.87. The first-order valence-corrected chi connectivity index (χ1v) is 7.58. The van der Waals surface area contributed by atoms with Gasteiger partial charge >= 0.3 is 5.97 Å². The van der Waals surface area contributed by atoms with Crippen LogP contribution >= 0.6 is 0 Å². The molecule has 0 atom stereocenters. The molecular weight excluding hydrogens is 290 g/mol. The Labute approximate surface area is 134 Å². The van der Waals surface area contributed by atoms with Gasteiger partial charge in [0.1, 0.15) is 12.4 Å². The molecule has 1 N–H and O–H groups in total. The first-order valence-electron chi connectivity index (χ1n) is 7.58. The van der Waals surface area contributed by atoms with E-state index in [0.29, 0.717) is 18.7 Å². The van der Waals surface area contributed by atoms with Crippen LogP contribution in [0.3, 0.4) is 0 Å². The number of carbonyl (C=O) groups is 1. The molecule has 0 amide bonds. The van der Waals surface area contributed by atoms with Crippen LogP contribution in [0.15, 0.2) is 48.7 Å². The summed E-state index contributed by atoms with van der Waals surface area (Å²) in [6.45, 7) is 5.09. The summed E-state index contributed by atoms with van der Waals surface area (Å²) in [4.78, 5) is 11.4. The van der Waals surface area contributed by atoms with Gasteiger partial charge in [-0.15, -0.1) is 0 Å². The third-order valence-electron chi connectivity index (χ3n) is 4.01. The van der Waals surface area contributed by atoms with Gasteiger partial charge in [0, 0.05) is 11.6 Å². The number of hydrogen-bond acceptors (Lipinski definition) is 2. The maximum Gasteiger partial charge on any atom is 0.337 e. The van der Waals surface area contributed by atoms with Crippen LogP contribution in [0.5, 0.6) is 5.75 Å². The van der Waals surface area contributed by atoms with Crippen LogP contribution in [0.1, 0.15) is 21.5 Å². The number of carboxylic acids is 1. The minimum atomic E-state index is -0.904. The van der Waals surface area contributed by atoms with Crippen LogP contribution in [0, 0.1) is 13.8 Å². The van der Waals surface area contributed by atoms with E-state index in [1.54, 1.807) is 6.20 Å². The van der Waals surface area contributed by atoms with E-state index in [1.807, 2.05) is 60.9 Å². The van der Waals surface area contributed by atoms with E-state index < -0.39 is 5.97 Å². The van der Waals surface area contributed by atoms with Gasteiger partial charge in [0.15, 0.2) is 0 Å². The molecule has 4 heteroatoms. The minimum absolute atomic E-state index is 0.333. The van der Waals surface area contributed by atoms with Crippen molar-refractivity contribution in [3.05, 3.63) is 65.4 Å². The molecule has 0 saturated heterocycles.